The average molecular weight is 286 g/mol. The lowest BCUT2D eigenvalue weighted by Crippen LogP contribution is -2.03. The summed E-state index contributed by atoms with van der Waals surface area (Å²) in [5, 5.41) is 3.55. The summed E-state index contributed by atoms with van der Waals surface area (Å²) in [4.78, 5) is 8.13. The first-order valence-electron chi connectivity index (χ1n) is 5.23. The van der Waals surface area contributed by atoms with Crippen LogP contribution in [0, 0.1) is 12.7 Å². The van der Waals surface area contributed by atoms with Crippen molar-refractivity contribution in [2.24, 2.45) is 0 Å². The van der Waals surface area contributed by atoms with E-state index in [4.69, 9.17) is 23.2 Å². The van der Waals surface area contributed by atoms with Gasteiger partial charge in [0.05, 0.1) is 5.02 Å². The minimum atomic E-state index is -0.429. The molecule has 0 aliphatic rings. The Kier molecular flexibility index (Phi) is 3.99. The van der Waals surface area contributed by atoms with Crippen molar-refractivity contribution < 1.29 is 4.39 Å². The second-order valence-corrected chi connectivity index (χ2v) is 4.52. The number of benzene rings is 1. The summed E-state index contributed by atoms with van der Waals surface area (Å²) in [5.74, 6) is 0.774. The van der Waals surface area contributed by atoms with Crippen LogP contribution in [0.2, 0.25) is 10.2 Å². The van der Waals surface area contributed by atoms with Gasteiger partial charge in [-0.05, 0) is 24.6 Å². The van der Waals surface area contributed by atoms with Gasteiger partial charge in [0.1, 0.15) is 22.6 Å². The molecular weight excluding hydrogens is 276 g/mol. The second kappa shape index (κ2) is 5.50. The van der Waals surface area contributed by atoms with Gasteiger partial charge in [-0.15, -0.1) is 0 Å². The van der Waals surface area contributed by atoms with Gasteiger partial charge in [0.25, 0.3) is 0 Å². The van der Waals surface area contributed by atoms with Crippen LogP contribution in [0.3, 0.4) is 0 Å². The summed E-state index contributed by atoms with van der Waals surface area (Å²) in [5.41, 5.74) is 0.855. The van der Waals surface area contributed by atoms with Crippen molar-refractivity contribution in [3.63, 3.8) is 0 Å². The molecule has 2 aromatic rings. The van der Waals surface area contributed by atoms with Crippen molar-refractivity contribution in [3.8, 4) is 0 Å². The molecule has 0 spiro atoms. The van der Waals surface area contributed by atoms with E-state index in [1.54, 1.807) is 25.1 Å². The van der Waals surface area contributed by atoms with Gasteiger partial charge >= 0.3 is 0 Å². The van der Waals surface area contributed by atoms with Gasteiger partial charge in [-0.3, -0.25) is 0 Å². The minimum absolute atomic E-state index is 0.103. The Morgan fingerprint density at radius 3 is 2.67 bits per heavy atom. The molecule has 0 saturated heterocycles. The Hall–Kier alpha value is -1.39. The summed E-state index contributed by atoms with van der Waals surface area (Å²) in [6, 6.07) is 6.18. The second-order valence-electron chi connectivity index (χ2n) is 3.73. The summed E-state index contributed by atoms with van der Waals surface area (Å²) < 4.78 is 13.0. The minimum Gasteiger partial charge on any atom is -0.366 e. The van der Waals surface area contributed by atoms with E-state index in [-0.39, 0.29) is 5.02 Å². The molecule has 0 bridgehead atoms. The molecule has 0 amide bonds. The molecule has 0 radical (unpaired) electrons. The summed E-state index contributed by atoms with van der Waals surface area (Å²) in [6.07, 6.45) is 0. The molecule has 2 rings (SSSR count). The Bertz CT molecular complexity index is 555. The van der Waals surface area contributed by atoms with E-state index in [2.05, 4.69) is 15.3 Å². The third-order valence-corrected chi connectivity index (χ3v) is 2.75. The van der Waals surface area contributed by atoms with Gasteiger partial charge in [0.2, 0.25) is 0 Å². The smallest absolute Gasteiger partial charge is 0.141 e. The predicted molar refractivity (Wildman–Crippen MR) is 70.5 cm³/mol. The van der Waals surface area contributed by atoms with Crippen LogP contribution in [0.1, 0.15) is 11.4 Å². The molecule has 0 fully saturated rings. The SMILES string of the molecule is Cc1nc(Cl)cc(NCc2ccc(F)c(Cl)c2)n1. The first-order valence-corrected chi connectivity index (χ1v) is 5.99. The zero-order valence-electron chi connectivity index (χ0n) is 9.54. The summed E-state index contributed by atoms with van der Waals surface area (Å²) in [7, 11) is 0. The molecule has 1 heterocycles. The number of aryl methyl sites for hydroxylation is 1. The summed E-state index contributed by atoms with van der Waals surface area (Å²) >= 11 is 11.5. The highest BCUT2D eigenvalue weighted by Crippen LogP contribution is 2.17. The predicted octanol–water partition coefficient (Wildman–Crippen LogP) is 3.84. The lowest BCUT2D eigenvalue weighted by Gasteiger charge is -2.07. The van der Waals surface area contributed by atoms with E-state index in [0.29, 0.717) is 23.3 Å². The van der Waals surface area contributed by atoms with Crippen LogP contribution in [0.4, 0.5) is 10.2 Å². The van der Waals surface area contributed by atoms with Gasteiger partial charge in [-0.1, -0.05) is 29.3 Å². The van der Waals surface area contributed by atoms with Crippen molar-refractivity contribution in [2.75, 3.05) is 5.32 Å². The number of rotatable bonds is 3. The van der Waals surface area contributed by atoms with E-state index in [1.807, 2.05) is 0 Å². The van der Waals surface area contributed by atoms with Gasteiger partial charge in [0, 0.05) is 12.6 Å². The Balaban J connectivity index is 2.08. The topological polar surface area (TPSA) is 37.8 Å². The molecule has 3 nitrogen and oxygen atoms in total. The first-order chi connectivity index (χ1) is 8.54. The quantitative estimate of drug-likeness (QED) is 0.871. The Morgan fingerprint density at radius 2 is 2.00 bits per heavy atom. The number of halogens is 3. The molecule has 0 aliphatic carbocycles. The lowest BCUT2D eigenvalue weighted by atomic mass is 10.2. The standard InChI is InChI=1S/C12H10Cl2FN3/c1-7-17-11(14)5-12(18-7)16-6-8-2-3-10(15)9(13)4-8/h2-5H,6H2,1H3,(H,16,17,18). The highest BCUT2D eigenvalue weighted by Gasteiger charge is 2.03. The molecule has 0 saturated carbocycles. The fourth-order valence-electron chi connectivity index (χ4n) is 1.46. The van der Waals surface area contributed by atoms with Crippen LogP contribution in [-0.4, -0.2) is 9.97 Å². The number of hydrogen-bond acceptors (Lipinski definition) is 3. The number of aromatic nitrogens is 2. The van der Waals surface area contributed by atoms with Crippen LogP contribution in [0.5, 0.6) is 0 Å². The van der Waals surface area contributed by atoms with Crippen molar-refractivity contribution in [1.29, 1.82) is 0 Å². The van der Waals surface area contributed by atoms with E-state index in [9.17, 15) is 4.39 Å². The maximum absolute atomic E-state index is 13.0. The van der Waals surface area contributed by atoms with Gasteiger partial charge in [-0.2, -0.15) is 0 Å². The van der Waals surface area contributed by atoms with Crippen LogP contribution < -0.4 is 5.32 Å². The molecule has 0 atom stereocenters. The zero-order chi connectivity index (χ0) is 13.1. The van der Waals surface area contributed by atoms with Crippen molar-refractivity contribution in [1.82, 2.24) is 9.97 Å². The largest absolute Gasteiger partial charge is 0.366 e. The third-order valence-electron chi connectivity index (χ3n) is 2.26. The van der Waals surface area contributed by atoms with Crippen molar-refractivity contribution in [3.05, 3.63) is 51.6 Å². The number of nitrogens with zero attached hydrogens (tertiary/aromatic N) is 2. The maximum Gasteiger partial charge on any atom is 0.141 e. The van der Waals surface area contributed by atoms with Crippen LogP contribution in [0.25, 0.3) is 0 Å². The highest BCUT2D eigenvalue weighted by atomic mass is 35.5. The maximum atomic E-state index is 13.0. The molecular formula is C12H10Cl2FN3. The monoisotopic (exact) mass is 285 g/mol. The molecule has 6 heteroatoms. The van der Waals surface area contributed by atoms with Crippen molar-refractivity contribution in [2.45, 2.75) is 13.5 Å². The molecule has 0 aliphatic heterocycles. The van der Waals surface area contributed by atoms with E-state index < -0.39 is 5.82 Å². The fourth-order valence-corrected chi connectivity index (χ4v) is 1.89. The molecule has 1 N–H and O–H groups in total. The van der Waals surface area contributed by atoms with Gasteiger partial charge in [0.15, 0.2) is 0 Å². The van der Waals surface area contributed by atoms with E-state index in [0.717, 1.165) is 5.56 Å². The molecule has 18 heavy (non-hydrogen) atoms. The van der Waals surface area contributed by atoms with Gasteiger partial charge in [-0.25, -0.2) is 14.4 Å². The van der Waals surface area contributed by atoms with Crippen LogP contribution in [0.15, 0.2) is 24.3 Å². The number of nitrogens with one attached hydrogen (secondary N) is 1. The number of hydrogen-bond donors (Lipinski definition) is 1. The Morgan fingerprint density at radius 1 is 1.22 bits per heavy atom. The van der Waals surface area contributed by atoms with Crippen molar-refractivity contribution >= 4 is 29.0 Å². The van der Waals surface area contributed by atoms with E-state index >= 15 is 0 Å². The first kappa shape index (κ1) is 13.1. The highest BCUT2D eigenvalue weighted by molar-refractivity contribution is 6.30. The Labute approximate surface area is 114 Å². The molecule has 94 valence electrons. The molecule has 0 unspecified atom stereocenters. The molecule has 1 aromatic heterocycles. The van der Waals surface area contributed by atoms with Crippen LogP contribution >= 0.6 is 23.2 Å². The summed E-state index contributed by atoms with van der Waals surface area (Å²) in [6.45, 7) is 2.23. The fraction of sp³-hybridized carbons (Fsp3) is 0.167. The third kappa shape index (κ3) is 3.31. The van der Waals surface area contributed by atoms with Gasteiger partial charge < -0.3 is 5.32 Å². The average Bonchev–Trinajstić information content (AvgIpc) is 2.29. The molecule has 1 aromatic carbocycles. The van der Waals surface area contributed by atoms with Crippen LogP contribution in [-0.2, 0) is 6.54 Å². The normalized spacial score (nSPS) is 10.4. The number of anilines is 1. The van der Waals surface area contributed by atoms with E-state index in [1.165, 1.54) is 6.07 Å². The zero-order valence-corrected chi connectivity index (χ0v) is 11.1. The lowest BCUT2D eigenvalue weighted by molar-refractivity contribution is 0.627.